The predicted molar refractivity (Wildman–Crippen MR) is 134 cm³/mol. The summed E-state index contributed by atoms with van der Waals surface area (Å²) < 4.78 is 1.43. The highest BCUT2D eigenvalue weighted by atomic mass is 16.2. The van der Waals surface area contributed by atoms with Crippen LogP contribution in [0.3, 0.4) is 0 Å². The number of anilines is 1. The molecule has 6 rings (SSSR count). The molecule has 2 aliphatic rings. The van der Waals surface area contributed by atoms with Crippen LogP contribution in [0, 0.1) is 6.92 Å². The molecular weight excluding hydrogens is 440 g/mol. The zero-order chi connectivity index (χ0) is 23.9. The van der Waals surface area contributed by atoms with Crippen molar-refractivity contribution in [2.45, 2.75) is 19.8 Å². The number of aryl methyl sites for hydroxylation is 2. The van der Waals surface area contributed by atoms with Crippen LogP contribution < -0.4 is 10.5 Å². The van der Waals surface area contributed by atoms with Gasteiger partial charge >= 0.3 is 0 Å². The molecule has 0 unspecified atom stereocenters. The van der Waals surface area contributed by atoms with Crippen LogP contribution in [0.4, 0.5) is 5.82 Å². The maximum atomic E-state index is 13.4. The second-order valence-electron chi connectivity index (χ2n) is 9.14. The van der Waals surface area contributed by atoms with Gasteiger partial charge in [-0.2, -0.15) is 9.78 Å². The molecule has 3 heterocycles. The maximum Gasteiger partial charge on any atom is 0.272 e. The van der Waals surface area contributed by atoms with Gasteiger partial charge in [0.2, 0.25) is 0 Å². The quantitative estimate of drug-likeness (QED) is 0.502. The van der Waals surface area contributed by atoms with Crippen LogP contribution in [0.1, 0.15) is 27.2 Å². The number of H-pyrrole nitrogens is 1. The molecule has 4 aromatic rings. The Morgan fingerprint density at radius 3 is 2.49 bits per heavy atom. The third-order valence-corrected chi connectivity index (χ3v) is 6.95. The van der Waals surface area contributed by atoms with E-state index in [0.29, 0.717) is 31.9 Å². The molecule has 2 aromatic heterocycles. The molecule has 1 N–H and O–H groups in total. The van der Waals surface area contributed by atoms with Gasteiger partial charge in [0.05, 0.1) is 11.4 Å². The minimum Gasteiger partial charge on any atom is -0.352 e. The number of amides is 1. The Morgan fingerprint density at radius 1 is 0.914 bits per heavy atom. The van der Waals surface area contributed by atoms with E-state index in [4.69, 9.17) is 0 Å². The molecule has 8 heteroatoms. The summed E-state index contributed by atoms with van der Waals surface area (Å²) in [6, 6.07) is 19.3. The number of carbonyl (C=O) groups excluding carboxylic acids is 1. The number of aromatic nitrogens is 4. The largest absolute Gasteiger partial charge is 0.352 e. The fraction of sp³-hybridized carbons (Fsp3) is 0.259. The third-order valence-electron chi connectivity index (χ3n) is 6.95. The molecule has 0 spiro atoms. The summed E-state index contributed by atoms with van der Waals surface area (Å²) in [7, 11) is 0. The summed E-state index contributed by atoms with van der Waals surface area (Å²) in [6.07, 6.45) is 1.73. The topological polar surface area (TPSA) is 87.1 Å². The van der Waals surface area contributed by atoms with Crippen molar-refractivity contribution < 1.29 is 4.79 Å². The number of rotatable bonds is 3. The number of fused-ring (bicyclic) bond motifs is 3. The first-order chi connectivity index (χ1) is 17.1. The first-order valence-corrected chi connectivity index (χ1v) is 12.0. The van der Waals surface area contributed by atoms with Gasteiger partial charge in [0.15, 0.2) is 0 Å². The average Bonchev–Trinajstić information content (AvgIpc) is 3.34. The van der Waals surface area contributed by atoms with Crippen LogP contribution in [0.25, 0.3) is 16.9 Å². The molecule has 1 amide bonds. The minimum atomic E-state index is -0.169. The van der Waals surface area contributed by atoms with Crippen molar-refractivity contribution in [1.29, 1.82) is 0 Å². The summed E-state index contributed by atoms with van der Waals surface area (Å²) in [5.41, 5.74) is 6.61. The Balaban J connectivity index is 1.18. The summed E-state index contributed by atoms with van der Waals surface area (Å²) in [6.45, 7) is 4.45. The Bertz CT molecular complexity index is 1460. The fourth-order valence-electron chi connectivity index (χ4n) is 4.98. The number of nitrogens with zero attached hydrogens (tertiary/aromatic N) is 5. The molecule has 1 aliphatic heterocycles. The van der Waals surface area contributed by atoms with Crippen molar-refractivity contribution in [3.05, 3.63) is 93.4 Å². The van der Waals surface area contributed by atoms with Crippen molar-refractivity contribution in [1.82, 2.24) is 24.9 Å². The SMILES string of the molecule is Cc1ccc(-n2nc(N3CCN(C(=O)c4[nH]nc5c4CCc4ccccc4-5)CC3)ccc2=O)cc1. The number of carbonyl (C=O) groups is 1. The second kappa shape index (κ2) is 8.54. The van der Waals surface area contributed by atoms with Crippen LogP contribution in [0.15, 0.2) is 65.5 Å². The van der Waals surface area contributed by atoms with Gasteiger partial charge in [-0.15, -0.1) is 5.10 Å². The molecule has 1 fully saturated rings. The summed E-state index contributed by atoms with van der Waals surface area (Å²) >= 11 is 0. The smallest absolute Gasteiger partial charge is 0.272 e. The summed E-state index contributed by atoms with van der Waals surface area (Å²) in [4.78, 5) is 29.8. The van der Waals surface area contributed by atoms with E-state index >= 15 is 0 Å². The van der Waals surface area contributed by atoms with E-state index in [1.165, 1.54) is 10.2 Å². The number of aromatic amines is 1. The molecule has 0 bridgehead atoms. The van der Waals surface area contributed by atoms with Gasteiger partial charge in [-0.05, 0) is 43.5 Å². The van der Waals surface area contributed by atoms with E-state index in [9.17, 15) is 9.59 Å². The van der Waals surface area contributed by atoms with Crippen LogP contribution in [0.2, 0.25) is 0 Å². The first-order valence-electron chi connectivity index (χ1n) is 12.0. The molecule has 1 saturated heterocycles. The predicted octanol–water partition coefficient (Wildman–Crippen LogP) is 2.99. The monoisotopic (exact) mass is 466 g/mol. The lowest BCUT2D eigenvalue weighted by molar-refractivity contribution is 0.0739. The van der Waals surface area contributed by atoms with Gasteiger partial charge in [0, 0.05) is 43.4 Å². The van der Waals surface area contributed by atoms with E-state index in [1.807, 2.05) is 48.2 Å². The van der Waals surface area contributed by atoms with Crippen LogP contribution >= 0.6 is 0 Å². The molecule has 1 aliphatic carbocycles. The lowest BCUT2D eigenvalue weighted by atomic mass is 9.89. The normalized spacial score (nSPS) is 15.0. The molecule has 0 atom stereocenters. The van der Waals surface area contributed by atoms with Crippen molar-refractivity contribution in [3.8, 4) is 16.9 Å². The molecule has 0 saturated carbocycles. The lowest BCUT2D eigenvalue weighted by Gasteiger charge is -2.35. The number of hydrogen-bond donors (Lipinski definition) is 1. The molecule has 35 heavy (non-hydrogen) atoms. The molecule has 0 radical (unpaired) electrons. The molecular formula is C27H26N6O2. The molecule has 176 valence electrons. The lowest BCUT2D eigenvalue weighted by Crippen LogP contribution is -2.49. The van der Waals surface area contributed by atoms with Crippen molar-refractivity contribution >= 4 is 11.7 Å². The Hall–Kier alpha value is -4.20. The number of hydrogen-bond acceptors (Lipinski definition) is 5. The highest BCUT2D eigenvalue weighted by molar-refractivity contribution is 5.96. The Morgan fingerprint density at radius 2 is 1.69 bits per heavy atom. The maximum absolute atomic E-state index is 13.4. The van der Waals surface area contributed by atoms with Crippen molar-refractivity contribution in [3.63, 3.8) is 0 Å². The third kappa shape index (κ3) is 3.80. The molecule has 8 nitrogen and oxygen atoms in total. The Labute approximate surface area is 202 Å². The fourth-order valence-corrected chi connectivity index (χ4v) is 4.98. The average molecular weight is 467 g/mol. The van der Waals surface area contributed by atoms with Crippen LogP contribution in [-0.4, -0.2) is 57.0 Å². The number of nitrogens with one attached hydrogen (secondary N) is 1. The summed E-state index contributed by atoms with van der Waals surface area (Å²) in [5, 5.41) is 12.1. The van der Waals surface area contributed by atoms with Gasteiger partial charge in [-0.1, -0.05) is 42.0 Å². The van der Waals surface area contributed by atoms with Gasteiger partial charge in [0.1, 0.15) is 11.5 Å². The van der Waals surface area contributed by atoms with Crippen LogP contribution in [-0.2, 0) is 12.8 Å². The van der Waals surface area contributed by atoms with E-state index < -0.39 is 0 Å². The van der Waals surface area contributed by atoms with Gasteiger partial charge in [-0.25, -0.2) is 0 Å². The Kier molecular flexibility index (Phi) is 5.21. The highest BCUT2D eigenvalue weighted by Gasteiger charge is 2.29. The first kappa shape index (κ1) is 21.3. The number of piperazine rings is 1. The van der Waals surface area contributed by atoms with Crippen molar-refractivity contribution in [2.24, 2.45) is 0 Å². The van der Waals surface area contributed by atoms with E-state index in [-0.39, 0.29) is 11.5 Å². The van der Waals surface area contributed by atoms with Crippen LogP contribution in [0.5, 0.6) is 0 Å². The van der Waals surface area contributed by atoms with Gasteiger partial charge in [0.25, 0.3) is 11.5 Å². The standard InChI is InChI=1S/C27H26N6O2/c1-18-6-9-20(10-7-18)33-24(34)13-12-23(30-33)31-14-16-32(17-15-31)27(35)26-22-11-8-19-4-2-3-5-21(19)25(22)28-29-26/h2-7,9-10,12-13H,8,11,14-17H2,1H3,(H,28,29). The zero-order valence-corrected chi connectivity index (χ0v) is 19.6. The van der Waals surface area contributed by atoms with E-state index in [0.717, 1.165) is 46.7 Å². The second-order valence-corrected chi connectivity index (χ2v) is 9.14. The number of benzene rings is 2. The van der Waals surface area contributed by atoms with E-state index in [2.05, 4.69) is 32.3 Å². The molecule has 2 aromatic carbocycles. The highest BCUT2D eigenvalue weighted by Crippen LogP contribution is 2.33. The minimum absolute atomic E-state index is 0.00429. The van der Waals surface area contributed by atoms with E-state index in [1.54, 1.807) is 12.1 Å². The zero-order valence-electron chi connectivity index (χ0n) is 19.6. The van der Waals surface area contributed by atoms with Gasteiger partial charge in [-0.3, -0.25) is 14.7 Å². The van der Waals surface area contributed by atoms with Crippen molar-refractivity contribution in [2.75, 3.05) is 31.1 Å². The summed E-state index contributed by atoms with van der Waals surface area (Å²) in [5.74, 6) is 0.725. The van der Waals surface area contributed by atoms with Gasteiger partial charge < -0.3 is 9.80 Å².